The monoisotopic (exact) mass is 364 g/mol. The number of hydrogen-bond acceptors (Lipinski definition) is 4. The van der Waals surface area contributed by atoms with Crippen molar-refractivity contribution in [3.63, 3.8) is 0 Å². The number of carbonyl (C=O) groups excluding carboxylic acids is 1. The highest BCUT2D eigenvalue weighted by Crippen LogP contribution is 2.20. The van der Waals surface area contributed by atoms with E-state index in [4.69, 9.17) is 17.0 Å². The Kier molecular flexibility index (Phi) is 8.20. The standard InChI is InChI=1S/C22H34O4/c1-17(2)21(25-16-24-15-19-12-8-7-9-13-19)18(3)11-10-14-20(23)26-22(4,5)6/h7-10,12-14,17-18,21H,11,15-16H2,1-6H3/b14-10+/t18-,21+/m0/s1/i10D,18D. The Hall–Kier alpha value is -1.65. The van der Waals surface area contributed by atoms with Crippen LogP contribution in [0.4, 0.5) is 0 Å². The molecule has 0 fully saturated rings. The lowest BCUT2D eigenvalue weighted by molar-refractivity contribution is -0.148. The third-order valence-electron chi connectivity index (χ3n) is 3.54. The van der Waals surface area contributed by atoms with Crippen LogP contribution in [0.1, 0.15) is 56.3 Å². The third kappa shape index (κ3) is 9.73. The Morgan fingerprint density at radius 2 is 1.88 bits per heavy atom. The fraction of sp³-hybridized carbons (Fsp3) is 0.591. The van der Waals surface area contributed by atoms with E-state index >= 15 is 0 Å². The lowest BCUT2D eigenvalue weighted by atomic mass is 9.92. The van der Waals surface area contributed by atoms with Crippen molar-refractivity contribution in [2.45, 2.75) is 66.3 Å². The molecule has 0 aliphatic heterocycles. The minimum Gasteiger partial charge on any atom is -0.457 e. The fourth-order valence-corrected chi connectivity index (χ4v) is 2.49. The second-order valence-electron chi connectivity index (χ2n) is 7.69. The molecular weight excluding hydrogens is 328 g/mol. The van der Waals surface area contributed by atoms with Crippen LogP contribution in [0.25, 0.3) is 0 Å². The van der Waals surface area contributed by atoms with E-state index in [1.165, 1.54) is 0 Å². The smallest absolute Gasteiger partial charge is 0.330 e. The highest BCUT2D eigenvalue weighted by molar-refractivity contribution is 5.82. The van der Waals surface area contributed by atoms with E-state index in [-0.39, 0.29) is 25.2 Å². The van der Waals surface area contributed by atoms with Gasteiger partial charge in [0, 0.05) is 7.45 Å². The molecular formula is C22H34O4. The summed E-state index contributed by atoms with van der Waals surface area (Å²) in [4.78, 5) is 11.9. The average Bonchev–Trinajstić information content (AvgIpc) is 2.52. The average molecular weight is 365 g/mol. The normalized spacial score (nSPS) is 17.3. The van der Waals surface area contributed by atoms with Gasteiger partial charge in [0.15, 0.2) is 0 Å². The van der Waals surface area contributed by atoms with Crippen LogP contribution in [0.2, 0.25) is 0 Å². The first-order valence-corrected chi connectivity index (χ1v) is 9.04. The Morgan fingerprint density at radius 1 is 1.23 bits per heavy atom. The van der Waals surface area contributed by atoms with Crippen molar-refractivity contribution in [2.24, 2.45) is 11.8 Å². The first-order chi connectivity index (χ1) is 12.9. The number of ether oxygens (including phenoxy) is 3. The molecule has 0 N–H and O–H groups in total. The number of benzene rings is 1. The summed E-state index contributed by atoms with van der Waals surface area (Å²) in [5.41, 5.74) is 0.437. The highest BCUT2D eigenvalue weighted by atomic mass is 16.7. The molecule has 0 radical (unpaired) electrons. The van der Waals surface area contributed by atoms with Gasteiger partial charge in [0.2, 0.25) is 0 Å². The molecule has 0 aromatic heterocycles. The van der Waals surface area contributed by atoms with Gasteiger partial charge in [-0.25, -0.2) is 4.79 Å². The summed E-state index contributed by atoms with van der Waals surface area (Å²) in [6.45, 7) is 11.5. The molecule has 0 saturated carbocycles. The van der Waals surface area contributed by atoms with Crippen LogP contribution in [-0.4, -0.2) is 24.5 Å². The van der Waals surface area contributed by atoms with Crippen LogP contribution >= 0.6 is 0 Å². The van der Waals surface area contributed by atoms with E-state index in [0.29, 0.717) is 6.61 Å². The molecule has 0 spiro atoms. The molecule has 1 aromatic carbocycles. The van der Waals surface area contributed by atoms with Gasteiger partial charge in [-0.2, -0.15) is 0 Å². The van der Waals surface area contributed by atoms with Crippen molar-refractivity contribution in [1.82, 2.24) is 0 Å². The Balaban J connectivity index is 2.62. The highest BCUT2D eigenvalue weighted by Gasteiger charge is 2.21. The molecule has 1 rings (SSSR count). The van der Waals surface area contributed by atoms with Crippen molar-refractivity contribution in [3.8, 4) is 0 Å². The predicted octanol–water partition coefficient (Wildman–Crippen LogP) is 5.13. The zero-order valence-electron chi connectivity index (χ0n) is 18.9. The first kappa shape index (κ1) is 19.1. The van der Waals surface area contributed by atoms with Crippen molar-refractivity contribution in [2.75, 3.05) is 6.79 Å². The van der Waals surface area contributed by atoms with Crippen LogP contribution in [0.3, 0.4) is 0 Å². The van der Waals surface area contributed by atoms with Crippen molar-refractivity contribution < 1.29 is 21.7 Å². The molecule has 0 saturated heterocycles. The lowest BCUT2D eigenvalue weighted by Crippen LogP contribution is -2.28. The summed E-state index contributed by atoms with van der Waals surface area (Å²) in [6.07, 6.45) is 0.769. The molecule has 0 amide bonds. The minimum atomic E-state index is -1.08. The van der Waals surface area contributed by atoms with Gasteiger partial charge in [-0.15, -0.1) is 0 Å². The summed E-state index contributed by atoms with van der Waals surface area (Å²) in [7, 11) is 0. The van der Waals surface area contributed by atoms with Gasteiger partial charge >= 0.3 is 5.97 Å². The molecule has 0 bridgehead atoms. The summed E-state index contributed by atoms with van der Waals surface area (Å²) < 4.78 is 33.4. The minimum absolute atomic E-state index is 0.0474. The van der Waals surface area contributed by atoms with Crippen LogP contribution < -0.4 is 0 Å². The lowest BCUT2D eigenvalue weighted by Gasteiger charge is -2.27. The van der Waals surface area contributed by atoms with Crippen molar-refractivity contribution >= 4 is 5.97 Å². The van der Waals surface area contributed by atoms with E-state index < -0.39 is 23.6 Å². The van der Waals surface area contributed by atoms with Gasteiger partial charge < -0.3 is 14.2 Å². The van der Waals surface area contributed by atoms with Gasteiger partial charge in [0.05, 0.1) is 14.1 Å². The number of carbonyl (C=O) groups is 1. The molecule has 4 nitrogen and oxygen atoms in total. The molecule has 0 unspecified atom stereocenters. The maximum absolute atomic E-state index is 11.9. The van der Waals surface area contributed by atoms with E-state index in [1.54, 1.807) is 27.7 Å². The van der Waals surface area contributed by atoms with Crippen molar-refractivity contribution in [1.29, 1.82) is 0 Å². The van der Waals surface area contributed by atoms with Crippen LogP contribution in [0.5, 0.6) is 0 Å². The summed E-state index contributed by atoms with van der Waals surface area (Å²) in [5, 5.41) is 0. The SMILES string of the molecule is [2H]/C(=C\C(=O)OC(C)(C)C)C[C@]([2H])(C)[C@H](OCOCc1ccccc1)C(C)C. The van der Waals surface area contributed by atoms with Crippen molar-refractivity contribution in [3.05, 3.63) is 48.0 Å². The maximum atomic E-state index is 11.9. The Morgan fingerprint density at radius 3 is 2.46 bits per heavy atom. The third-order valence-corrected chi connectivity index (χ3v) is 3.54. The molecule has 0 aliphatic rings. The molecule has 146 valence electrons. The molecule has 1 aromatic rings. The Labute approximate surface area is 161 Å². The zero-order chi connectivity index (χ0) is 21.4. The molecule has 0 aliphatic carbocycles. The number of allylic oxidation sites excluding steroid dienone is 1. The molecule has 26 heavy (non-hydrogen) atoms. The number of hydrogen-bond donors (Lipinski definition) is 0. The molecule has 0 heterocycles. The number of rotatable bonds is 10. The largest absolute Gasteiger partial charge is 0.457 e. The molecule has 4 heteroatoms. The molecule has 2 atom stereocenters. The summed E-state index contributed by atoms with van der Waals surface area (Å²) >= 11 is 0. The van der Waals surface area contributed by atoms with Crippen LogP contribution in [0, 0.1) is 11.8 Å². The fourth-order valence-electron chi connectivity index (χ4n) is 2.49. The van der Waals surface area contributed by atoms with Gasteiger partial charge in [0.1, 0.15) is 12.4 Å². The van der Waals surface area contributed by atoms with Gasteiger partial charge in [-0.05, 0) is 44.6 Å². The van der Waals surface area contributed by atoms with Crippen LogP contribution in [-0.2, 0) is 25.6 Å². The topological polar surface area (TPSA) is 44.8 Å². The van der Waals surface area contributed by atoms with E-state index in [2.05, 4.69) is 0 Å². The van der Waals surface area contributed by atoms with Gasteiger partial charge in [-0.3, -0.25) is 0 Å². The summed E-state index contributed by atoms with van der Waals surface area (Å²) in [5.74, 6) is -1.60. The maximum Gasteiger partial charge on any atom is 0.330 e. The van der Waals surface area contributed by atoms with Gasteiger partial charge in [-0.1, -0.05) is 57.2 Å². The van der Waals surface area contributed by atoms with E-state index in [9.17, 15) is 4.79 Å². The quantitative estimate of drug-likeness (QED) is 0.250. The first-order valence-electron chi connectivity index (χ1n) is 10.0. The van der Waals surface area contributed by atoms with E-state index in [1.807, 2.05) is 44.2 Å². The van der Waals surface area contributed by atoms with Gasteiger partial charge in [0.25, 0.3) is 0 Å². The predicted molar refractivity (Wildman–Crippen MR) is 105 cm³/mol. The van der Waals surface area contributed by atoms with E-state index in [0.717, 1.165) is 11.6 Å². The number of esters is 1. The van der Waals surface area contributed by atoms with Crippen LogP contribution in [0.15, 0.2) is 42.5 Å². The summed E-state index contributed by atoms with van der Waals surface area (Å²) in [6, 6.07) is 9.84. The second-order valence-corrected chi connectivity index (χ2v) is 7.69. The Bertz CT molecular complexity index is 634. The second kappa shape index (κ2) is 11.1. The zero-order valence-corrected chi connectivity index (χ0v) is 16.9.